The van der Waals surface area contributed by atoms with Crippen molar-refractivity contribution in [1.82, 2.24) is 4.90 Å². The van der Waals surface area contributed by atoms with Crippen molar-refractivity contribution in [2.24, 2.45) is 0 Å². The number of carbonyl (C=O) groups excluding carboxylic acids is 1. The maximum atomic E-state index is 11.6. The zero-order valence-corrected chi connectivity index (χ0v) is 8.81. The smallest absolute Gasteiger partial charge is 0.340 e. The second-order valence-corrected chi connectivity index (χ2v) is 3.71. The normalized spacial score (nSPS) is 20.3. The summed E-state index contributed by atoms with van der Waals surface area (Å²) in [5.74, 6) is -0.250. The summed E-state index contributed by atoms with van der Waals surface area (Å²) >= 11 is 0. The van der Waals surface area contributed by atoms with E-state index in [-0.39, 0.29) is 12.2 Å². The molecule has 1 aliphatic heterocycles. The topological polar surface area (TPSA) is 29.5 Å². The summed E-state index contributed by atoms with van der Waals surface area (Å²) in [5, 5.41) is 0. The lowest BCUT2D eigenvalue weighted by atomic mass is 10.1. The molecule has 2 rings (SSSR count). The number of likely N-dealkylation sites (N-methyl/N-ethyl adjacent to an activating group) is 1. The highest BCUT2D eigenvalue weighted by molar-refractivity contribution is 6.18. The first-order valence-electron chi connectivity index (χ1n) is 4.83. The second-order valence-electron chi connectivity index (χ2n) is 3.71. The van der Waals surface area contributed by atoms with Crippen molar-refractivity contribution in [3.63, 3.8) is 0 Å². The zero-order chi connectivity index (χ0) is 10.8. The zero-order valence-electron chi connectivity index (χ0n) is 8.81. The average molecular weight is 203 g/mol. The van der Waals surface area contributed by atoms with Crippen LogP contribution >= 0.6 is 0 Å². The molecule has 0 saturated carbocycles. The van der Waals surface area contributed by atoms with Crippen LogP contribution in [0.4, 0.5) is 0 Å². The summed E-state index contributed by atoms with van der Waals surface area (Å²) in [5.41, 5.74) is 1.56. The van der Waals surface area contributed by atoms with Gasteiger partial charge >= 0.3 is 5.97 Å². The van der Waals surface area contributed by atoms with Crippen molar-refractivity contribution in [1.29, 1.82) is 0 Å². The average Bonchev–Trinajstić information content (AvgIpc) is 2.62. The molecule has 0 radical (unpaired) electrons. The number of carbonyl (C=O) groups is 1. The molecule has 1 aromatic carbocycles. The quantitative estimate of drug-likeness (QED) is 0.682. The third kappa shape index (κ3) is 1.92. The largest absolute Gasteiger partial charge is 0.439 e. The van der Waals surface area contributed by atoms with Gasteiger partial charge in [0.15, 0.2) is 6.23 Å². The van der Waals surface area contributed by atoms with Crippen molar-refractivity contribution < 1.29 is 9.53 Å². The number of ether oxygens (including phenoxy) is 1. The lowest BCUT2D eigenvalue weighted by Crippen LogP contribution is -2.26. The van der Waals surface area contributed by atoms with Crippen LogP contribution in [-0.4, -0.2) is 31.2 Å². The van der Waals surface area contributed by atoms with Crippen LogP contribution in [0.25, 0.3) is 5.57 Å². The Balaban J connectivity index is 2.30. The van der Waals surface area contributed by atoms with Gasteiger partial charge in [0, 0.05) is 0 Å². The van der Waals surface area contributed by atoms with Crippen LogP contribution in [0.1, 0.15) is 5.56 Å². The van der Waals surface area contributed by atoms with Gasteiger partial charge in [0.2, 0.25) is 0 Å². The van der Waals surface area contributed by atoms with E-state index in [4.69, 9.17) is 4.74 Å². The molecule has 1 heterocycles. The Kier molecular flexibility index (Phi) is 2.56. The molecule has 0 fully saturated rings. The fourth-order valence-electron chi connectivity index (χ4n) is 1.50. The number of hydrogen-bond acceptors (Lipinski definition) is 3. The molecular formula is C12H13NO2. The van der Waals surface area contributed by atoms with E-state index >= 15 is 0 Å². The van der Waals surface area contributed by atoms with Crippen LogP contribution in [0.15, 0.2) is 36.4 Å². The molecule has 0 bridgehead atoms. The van der Waals surface area contributed by atoms with Gasteiger partial charge in [-0.15, -0.1) is 0 Å². The third-order valence-corrected chi connectivity index (χ3v) is 2.35. The van der Waals surface area contributed by atoms with Crippen molar-refractivity contribution in [3.8, 4) is 0 Å². The van der Waals surface area contributed by atoms with Crippen LogP contribution in [-0.2, 0) is 9.53 Å². The van der Waals surface area contributed by atoms with Crippen molar-refractivity contribution in [2.75, 3.05) is 14.1 Å². The molecule has 78 valence electrons. The molecule has 0 spiro atoms. The highest BCUT2D eigenvalue weighted by Gasteiger charge is 2.27. The number of benzene rings is 1. The minimum atomic E-state index is -0.250. The number of esters is 1. The fraction of sp³-hybridized carbons (Fsp3) is 0.250. The van der Waals surface area contributed by atoms with E-state index in [1.807, 2.05) is 55.4 Å². The van der Waals surface area contributed by atoms with E-state index < -0.39 is 0 Å². The standard InChI is InChI=1S/C12H13NO2/c1-13(2)11-8-10(12(14)15-11)9-6-4-3-5-7-9/h3-8,11H,1-2H3. The Morgan fingerprint density at radius 3 is 2.40 bits per heavy atom. The second kappa shape index (κ2) is 3.87. The molecule has 0 aliphatic carbocycles. The molecule has 0 amide bonds. The molecule has 15 heavy (non-hydrogen) atoms. The summed E-state index contributed by atoms with van der Waals surface area (Å²) in [7, 11) is 3.75. The van der Waals surface area contributed by atoms with Gasteiger partial charge in [-0.05, 0) is 25.7 Å². The fourth-order valence-corrected chi connectivity index (χ4v) is 1.50. The molecule has 1 atom stereocenters. The summed E-state index contributed by atoms with van der Waals surface area (Å²) in [6, 6.07) is 9.56. The van der Waals surface area contributed by atoms with Gasteiger partial charge in [0.1, 0.15) is 0 Å². The van der Waals surface area contributed by atoms with Gasteiger partial charge in [0.05, 0.1) is 5.57 Å². The number of hydrogen-bond donors (Lipinski definition) is 0. The summed E-state index contributed by atoms with van der Waals surface area (Å²) < 4.78 is 5.18. The van der Waals surface area contributed by atoms with Crippen LogP contribution in [0.5, 0.6) is 0 Å². The van der Waals surface area contributed by atoms with Crippen LogP contribution in [0.3, 0.4) is 0 Å². The molecule has 0 saturated heterocycles. The SMILES string of the molecule is CN(C)C1C=C(c2ccccc2)C(=O)O1. The Morgan fingerprint density at radius 1 is 1.20 bits per heavy atom. The molecule has 0 aromatic heterocycles. The Morgan fingerprint density at radius 2 is 1.87 bits per heavy atom. The van der Waals surface area contributed by atoms with Crippen molar-refractivity contribution >= 4 is 11.5 Å². The number of rotatable bonds is 2. The Labute approximate surface area is 89.0 Å². The van der Waals surface area contributed by atoms with Crippen molar-refractivity contribution in [2.45, 2.75) is 6.23 Å². The predicted octanol–water partition coefficient (Wildman–Crippen LogP) is 1.51. The molecular weight excluding hydrogens is 190 g/mol. The molecule has 3 heteroatoms. The van der Waals surface area contributed by atoms with E-state index in [9.17, 15) is 4.79 Å². The summed E-state index contributed by atoms with van der Waals surface area (Å²) in [6.07, 6.45) is 1.60. The number of nitrogens with zero attached hydrogens (tertiary/aromatic N) is 1. The molecule has 3 nitrogen and oxygen atoms in total. The maximum Gasteiger partial charge on any atom is 0.340 e. The van der Waals surface area contributed by atoms with E-state index in [1.54, 1.807) is 0 Å². The van der Waals surface area contributed by atoms with Gasteiger partial charge in [-0.25, -0.2) is 4.79 Å². The van der Waals surface area contributed by atoms with Crippen LogP contribution < -0.4 is 0 Å². The Bertz CT molecular complexity index is 395. The molecule has 1 aliphatic rings. The molecule has 1 unspecified atom stereocenters. The molecule has 1 aromatic rings. The van der Waals surface area contributed by atoms with E-state index in [2.05, 4.69) is 0 Å². The lowest BCUT2D eigenvalue weighted by molar-refractivity contribution is -0.142. The van der Waals surface area contributed by atoms with E-state index in [0.717, 1.165) is 5.56 Å². The van der Waals surface area contributed by atoms with Crippen LogP contribution in [0.2, 0.25) is 0 Å². The first-order chi connectivity index (χ1) is 7.18. The third-order valence-electron chi connectivity index (χ3n) is 2.35. The van der Waals surface area contributed by atoms with E-state index in [0.29, 0.717) is 5.57 Å². The highest BCUT2D eigenvalue weighted by Crippen LogP contribution is 2.24. The summed E-state index contributed by atoms with van der Waals surface area (Å²) in [6.45, 7) is 0. The minimum absolute atomic E-state index is 0.243. The number of cyclic esters (lactones) is 1. The van der Waals surface area contributed by atoms with Gasteiger partial charge in [-0.1, -0.05) is 30.3 Å². The van der Waals surface area contributed by atoms with Gasteiger partial charge < -0.3 is 4.74 Å². The predicted molar refractivity (Wildman–Crippen MR) is 58.0 cm³/mol. The Hall–Kier alpha value is -1.61. The highest BCUT2D eigenvalue weighted by atomic mass is 16.6. The van der Waals surface area contributed by atoms with Crippen molar-refractivity contribution in [3.05, 3.63) is 42.0 Å². The monoisotopic (exact) mass is 203 g/mol. The van der Waals surface area contributed by atoms with E-state index in [1.165, 1.54) is 0 Å². The van der Waals surface area contributed by atoms with Gasteiger partial charge in [-0.2, -0.15) is 0 Å². The first kappa shape index (κ1) is 9.93. The van der Waals surface area contributed by atoms with Crippen LogP contribution in [0, 0.1) is 0 Å². The minimum Gasteiger partial charge on any atom is -0.439 e. The summed E-state index contributed by atoms with van der Waals surface area (Å²) in [4.78, 5) is 13.4. The molecule has 0 N–H and O–H groups in total. The van der Waals surface area contributed by atoms with Gasteiger partial charge in [0.25, 0.3) is 0 Å². The first-order valence-corrected chi connectivity index (χ1v) is 4.83. The van der Waals surface area contributed by atoms with Gasteiger partial charge in [-0.3, -0.25) is 4.90 Å². The lowest BCUT2D eigenvalue weighted by Gasteiger charge is -2.15. The maximum absolute atomic E-state index is 11.6.